The number of nitrogens with one attached hydrogen (secondary N) is 1. The van der Waals surface area contributed by atoms with Gasteiger partial charge >= 0.3 is 5.97 Å². The molecule has 0 aromatic rings. The van der Waals surface area contributed by atoms with Gasteiger partial charge in [-0.15, -0.1) is 0 Å². The van der Waals surface area contributed by atoms with Crippen LogP contribution in [0.15, 0.2) is 72.9 Å². The molecule has 500 valence electrons. The summed E-state index contributed by atoms with van der Waals surface area (Å²) in [6, 6.07) is -1.03. The Morgan fingerprint density at radius 3 is 1.26 bits per heavy atom. The number of aliphatic hydroxyl groups excluding tert-OH is 5. The Hall–Kier alpha value is -2.90. The lowest BCUT2D eigenvalue weighted by atomic mass is 9.99. The van der Waals surface area contributed by atoms with E-state index in [1.807, 2.05) is 6.08 Å². The van der Waals surface area contributed by atoms with Crippen molar-refractivity contribution in [2.45, 2.75) is 378 Å². The van der Waals surface area contributed by atoms with Gasteiger partial charge in [-0.1, -0.05) is 325 Å². The Balaban J connectivity index is 2.56. The van der Waals surface area contributed by atoms with E-state index < -0.39 is 67.4 Å². The highest BCUT2D eigenvalue weighted by atomic mass is 16.7. The van der Waals surface area contributed by atoms with Gasteiger partial charge in [0.2, 0.25) is 5.91 Å². The SMILES string of the molecule is CC/C=C\C/C=C\C/C=C\C/C=C\C/C=C\CCCCCCCCCCCCC(O)C(=O)NC(COC1OC(CO)C(O)C(O)C1OC(=O)CCCCCCCCCCCCCCCCCCCCC)C(O)/C=C/CCCCCCCCCCCC. The predicted octanol–water partition coefficient (Wildman–Crippen LogP) is 18.7. The lowest BCUT2D eigenvalue weighted by Crippen LogP contribution is -2.61. The number of carbonyl (C=O) groups is 2. The van der Waals surface area contributed by atoms with Crippen LogP contribution >= 0.6 is 0 Å². The number of unbranched alkanes of at least 4 members (excludes halogenated alkanes) is 38. The fraction of sp³-hybridized carbons (Fsp3) is 0.813. The molecule has 0 bridgehead atoms. The number of aliphatic hydroxyl groups is 5. The summed E-state index contributed by atoms with van der Waals surface area (Å²) < 4.78 is 17.7. The molecule has 8 unspecified atom stereocenters. The maximum absolute atomic E-state index is 13.5. The van der Waals surface area contributed by atoms with Gasteiger partial charge in [-0.3, -0.25) is 9.59 Å². The fourth-order valence-electron chi connectivity index (χ4n) is 11.2. The topological polar surface area (TPSA) is 175 Å². The predicted molar refractivity (Wildman–Crippen MR) is 361 cm³/mol. The molecular formula is C75H135NO10. The largest absolute Gasteiger partial charge is 0.454 e. The van der Waals surface area contributed by atoms with Crippen molar-refractivity contribution < 1.29 is 49.3 Å². The average Bonchev–Trinajstić information content (AvgIpc) is 3.68. The maximum Gasteiger partial charge on any atom is 0.306 e. The first-order valence-corrected chi connectivity index (χ1v) is 36.2. The van der Waals surface area contributed by atoms with Gasteiger partial charge in [-0.25, -0.2) is 0 Å². The second-order valence-electron chi connectivity index (χ2n) is 24.9. The average molecular weight is 1210 g/mol. The number of hydrogen-bond acceptors (Lipinski definition) is 10. The van der Waals surface area contributed by atoms with Crippen LogP contribution < -0.4 is 5.32 Å². The molecule has 1 aliphatic heterocycles. The van der Waals surface area contributed by atoms with E-state index in [1.165, 1.54) is 186 Å². The number of esters is 1. The molecule has 0 aliphatic carbocycles. The summed E-state index contributed by atoms with van der Waals surface area (Å²) >= 11 is 0. The standard InChI is InChI=1S/C75H135NO10/c1-4-7-10-13-16-19-22-25-27-29-31-32-33-34-35-36-37-39-40-42-44-47-50-53-56-59-62-68(79)74(83)76-66(67(78)61-58-55-52-49-46-24-21-18-15-12-9-6-3)65-84-75-73(72(82)71(81)69(64-77)85-75)86-70(80)63-60-57-54-51-48-45-43-41-38-30-28-26-23-20-17-14-11-8-5-2/h7,10,16,19,25,27,31-32,34-35,58,61,66-69,71-73,75,77-79,81-82H,4-6,8-9,11-15,17-18,20-24,26,28-30,33,36-57,59-60,62-65H2,1-3H3,(H,76,83)/b10-7-,19-16-,27-25-,32-31-,35-34-,61-58+. The van der Waals surface area contributed by atoms with Crippen LogP contribution in [0, 0.1) is 0 Å². The lowest BCUT2D eigenvalue weighted by Gasteiger charge is -2.41. The minimum atomic E-state index is -1.61. The normalized spacial score (nSPS) is 18.7. The van der Waals surface area contributed by atoms with E-state index >= 15 is 0 Å². The van der Waals surface area contributed by atoms with Crippen LogP contribution in [-0.4, -0.2) is 99.6 Å². The minimum absolute atomic E-state index is 0.126. The Morgan fingerprint density at radius 1 is 0.465 bits per heavy atom. The van der Waals surface area contributed by atoms with Crippen molar-refractivity contribution in [3.8, 4) is 0 Å². The molecule has 11 nitrogen and oxygen atoms in total. The van der Waals surface area contributed by atoms with E-state index in [4.69, 9.17) is 14.2 Å². The van der Waals surface area contributed by atoms with Crippen LogP contribution in [0.3, 0.4) is 0 Å². The zero-order chi connectivity index (χ0) is 62.4. The summed E-state index contributed by atoms with van der Waals surface area (Å²) in [5, 5.41) is 57.3. The second-order valence-corrected chi connectivity index (χ2v) is 24.9. The van der Waals surface area contributed by atoms with Gasteiger partial charge in [-0.05, 0) is 70.6 Å². The molecule has 8 atom stereocenters. The van der Waals surface area contributed by atoms with Crippen LogP contribution in [0.4, 0.5) is 0 Å². The highest BCUT2D eigenvalue weighted by Gasteiger charge is 2.47. The fourth-order valence-corrected chi connectivity index (χ4v) is 11.2. The molecule has 1 aliphatic rings. The van der Waals surface area contributed by atoms with Gasteiger partial charge in [0, 0.05) is 6.42 Å². The van der Waals surface area contributed by atoms with Crippen LogP contribution in [0.5, 0.6) is 0 Å². The molecule has 1 fully saturated rings. The monoisotopic (exact) mass is 1210 g/mol. The second kappa shape index (κ2) is 62.3. The minimum Gasteiger partial charge on any atom is -0.454 e. The molecule has 1 heterocycles. The van der Waals surface area contributed by atoms with Gasteiger partial charge in [0.05, 0.1) is 25.4 Å². The van der Waals surface area contributed by atoms with Gasteiger partial charge in [0.25, 0.3) is 0 Å². The molecule has 0 spiro atoms. The molecule has 86 heavy (non-hydrogen) atoms. The van der Waals surface area contributed by atoms with Crippen molar-refractivity contribution in [2.75, 3.05) is 13.2 Å². The first-order valence-electron chi connectivity index (χ1n) is 36.2. The zero-order valence-electron chi connectivity index (χ0n) is 55.7. The van der Waals surface area contributed by atoms with Gasteiger partial charge in [0.1, 0.15) is 24.4 Å². The molecule has 1 saturated heterocycles. The molecule has 6 N–H and O–H groups in total. The van der Waals surface area contributed by atoms with Gasteiger partial charge < -0.3 is 45.1 Å². The first-order chi connectivity index (χ1) is 42.2. The number of amides is 1. The third kappa shape index (κ3) is 49.0. The van der Waals surface area contributed by atoms with Crippen molar-refractivity contribution in [1.29, 1.82) is 0 Å². The van der Waals surface area contributed by atoms with Crippen molar-refractivity contribution in [3.05, 3.63) is 72.9 Å². The molecule has 1 amide bonds. The summed E-state index contributed by atoms with van der Waals surface area (Å²) in [6.45, 7) is 5.72. The van der Waals surface area contributed by atoms with Crippen LogP contribution in [0.1, 0.15) is 329 Å². The molecular weight excluding hydrogens is 1070 g/mol. The third-order valence-electron chi connectivity index (χ3n) is 16.9. The van der Waals surface area contributed by atoms with E-state index in [0.29, 0.717) is 12.8 Å². The number of allylic oxidation sites excluding steroid dienone is 11. The van der Waals surface area contributed by atoms with Gasteiger partial charge in [-0.2, -0.15) is 0 Å². The van der Waals surface area contributed by atoms with E-state index in [1.54, 1.807) is 6.08 Å². The summed E-state index contributed by atoms with van der Waals surface area (Å²) in [7, 11) is 0. The molecule has 11 heteroatoms. The molecule has 0 radical (unpaired) electrons. The number of carbonyl (C=O) groups excluding carboxylic acids is 2. The maximum atomic E-state index is 13.5. The van der Waals surface area contributed by atoms with Crippen molar-refractivity contribution >= 4 is 11.9 Å². The van der Waals surface area contributed by atoms with Crippen molar-refractivity contribution in [1.82, 2.24) is 5.32 Å². The molecule has 0 saturated carbocycles. The van der Waals surface area contributed by atoms with Crippen LogP contribution in [0.25, 0.3) is 0 Å². The van der Waals surface area contributed by atoms with Crippen molar-refractivity contribution in [2.24, 2.45) is 0 Å². The summed E-state index contributed by atoms with van der Waals surface area (Å²) in [6.07, 6.45) is 70.8. The molecule has 1 rings (SSSR count). The summed E-state index contributed by atoms with van der Waals surface area (Å²) in [4.78, 5) is 26.7. The van der Waals surface area contributed by atoms with Crippen LogP contribution in [-0.2, 0) is 23.8 Å². The Morgan fingerprint density at radius 2 is 0.837 bits per heavy atom. The highest BCUT2D eigenvalue weighted by Crippen LogP contribution is 2.26. The quantitative estimate of drug-likeness (QED) is 0.0195. The Kier molecular flexibility index (Phi) is 58.8. The lowest BCUT2D eigenvalue weighted by molar-refractivity contribution is -0.305. The summed E-state index contributed by atoms with van der Waals surface area (Å²) in [5.41, 5.74) is 0. The van der Waals surface area contributed by atoms with E-state index in [0.717, 1.165) is 96.3 Å². The van der Waals surface area contributed by atoms with Crippen LogP contribution in [0.2, 0.25) is 0 Å². The van der Waals surface area contributed by atoms with Crippen molar-refractivity contribution in [3.63, 3.8) is 0 Å². The molecule has 0 aromatic carbocycles. The third-order valence-corrected chi connectivity index (χ3v) is 16.9. The highest BCUT2D eigenvalue weighted by molar-refractivity contribution is 5.80. The van der Waals surface area contributed by atoms with E-state index in [9.17, 15) is 35.1 Å². The number of rotatable bonds is 62. The molecule has 0 aromatic heterocycles. The number of hydrogen-bond donors (Lipinski definition) is 6. The Bertz CT molecular complexity index is 1680. The number of ether oxygens (including phenoxy) is 3. The zero-order valence-corrected chi connectivity index (χ0v) is 55.7. The Labute approximate surface area is 528 Å². The van der Waals surface area contributed by atoms with E-state index in [-0.39, 0.29) is 19.4 Å². The van der Waals surface area contributed by atoms with Gasteiger partial charge in [0.15, 0.2) is 12.4 Å². The first kappa shape index (κ1) is 81.1. The summed E-state index contributed by atoms with van der Waals surface area (Å²) in [5.74, 6) is -1.19. The smallest absolute Gasteiger partial charge is 0.306 e. The van der Waals surface area contributed by atoms with E-state index in [2.05, 4.69) is 86.8 Å².